The predicted molar refractivity (Wildman–Crippen MR) is 111 cm³/mol. The molecule has 1 aromatic carbocycles. The van der Waals surface area contributed by atoms with Crippen LogP contribution in [0.4, 0.5) is 0 Å². The Morgan fingerprint density at radius 1 is 1.28 bits per heavy atom. The number of benzene rings is 1. The van der Waals surface area contributed by atoms with E-state index < -0.39 is 18.2 Å². The van der Waals surface area contributed by atoms with E-state index >= 15 is 0 Å². The molecular formula is C22H32N4O3. The van der Waals surface area contributed by atoms with Crippen molar-refractivity contribution in [1.29, 1.82) is 5.26 Å². The fraction of sp³-hybridized carbons (Fsp3) is 0.591. The van der Waals surface area contributed by atoms with E-state index in [1.165, 1.54) is 4.90 Å². The third-order valence-electron chi connectivity index (χ3n) is 5.03. The van der Waals surface area contributed by atoms with Crippen LogP contribution in [0.5, 0.6) is 0 Å². The number of hydrogen-bond acceptors (Lipinski definition) is 5. The van der Waals surface area contributed by atoms with Gasteiger partial charge in [-0.15, -0.1) is 0 Å². The third kappa shape index (κ3) is 6.02. The molecule has 1 heterocycles. The van der Waals surface area contributed by atoms with Gasteiger partial charge in [-0.2, -0.15) is 5.26 Å². The minimum atomic E-state index is -0.718. The Bertz CT molecular complexity index is 762. The van der Waals surface area contributed by atoms with Crippen molar-refractivity contribution in [3.8, 4) is 6.07 Å². The summed E-state index contributed by atoms with van der Waals surface area (Å²) < 4.78 is 0. The van der Waals surface area contributed by atoms with Crippen molar-refractivity contribution in [3.05, 3.63) is 35.4 Å². The number of nitriles is 1. The Kier molecular flexibility index (Phi) is 7.39. The summed E-state index contributed by atoms with van der Waals surface area (Å²) in [5.74, 6) is -0.447. The first-order valence-electron chi connectivity index (χ1n) is 10.0. The molecule has 1 aliphatic heterocycles. The molecule has 0 spiro atoms. The van der Waals surface area contributed by atoms with Crippen molar-refractivity contribution in [2.45, 2.75) is 71.8 Å². The van der Waals surface area contributed by atoms with Crippen molar-refractivity contribution in [3.63, 3.8) is 0 Å². The van der Waals surface area contributed by atoms with Crippen LogP contribution in [-0.4, -0.2) is 52.6 Å². The molecule has 158 valence electrons. The molecule has 7 heteroatoms. The quantitative estimate of drug-likeness (QED) is 0.672. The van der Waals surface area contributed by atoms with E-state index in [0.717, 1.165) is 5.56 Å². The van der Waals surface area contributed by atoms with Gasteiger partial charge < -0.3 is 20.6 Å². The highest BCUT2D eigenvalue weighted by molar-refractivity contribution is 5.91. The highest BCUT2D eigenvalue weighted by atomic mass is 16.3. The van der Waals surface area contributed by atoms with Crippen LogP contribution in [0.25, 0.3) is 0 Å². The van der Waals surface area contributed by atoms with E-state index in [4.69, 9.17) is 5.26 Å². The maximum absolute atomic E-state index is 13.3. The Labute approximate surface area is 173 Å². The average Bonchev–Trinajstić information content (AvgIpc) is 3.05. The molecular weight excluding hydrogens is 368 g/mol. The Morgan fingerprint density at radius 2 is 1.90 bits per heavy atom. The largest absolute Gasteiger partial charge is 0.391 e. The number of carbonyl (C=O) groups excluding carboxylic acids is 2. The fourth-order valence-corrected chi connectivity index (χ4v) is 3.50. The van der Waals surface area contributed by atoms with E-state index in [-0.39, 0.29) is 36.2 Å². The van der Waals surface area contributed by atoms with Crippen LogP contribution in [0.15, 0.2) is 24.3 Å². The number of nitrogens with zero attached hydrogens (tertiary/aromatic N) is 2. The lowest BCUT2D eigenvalue weighted by Gasteiger charge is -2.36. The van der Waals surface area contributed by atoms with Crippen molar-refractivity contribution in [2.24, 2.45) is 5.41 Å². The summed E-state index contributed by atoms with van der Waals surface area (Å²) in [5.41, 5.74) is 1.09. The van der Waals surface area contributed by atoms with Crippen LogP contribution in [0.3, 0.4) is 0 Å². The highest BCUT2D eigenvalue weighted by Gasteiger charge is 2.43. The number of carbonyl (C=O) groups is 2. The second kappa shape index (κ2) is 9.38. The highest BCUT2D eigenvalue weighted by Crippen LogP contribution is 2.26. The standard InChI is InChI=1S/C22H32N4O3/c1-14(2)25-19(22(3,4)5)21(29)26-13-17(27)10-18(26)20(28)24-12-16-8-6-15(11-23)7-9-16/h6-9,14,17-19,25,27H,10,12-13H2,1-5H3,(H,24,28)/t17-,18+,19-/m1/s1. The third-order valence-corrected chi connectivity index (χ3v) is 5.03. The van der Waals surface area contributed by atoms with Crippen molar-refractivity contribution in [2.75, 3.05) is 6.54 Å². The van der Waals surface area contributed by atoms with Gasteiger partial charge in [0.05, 0.1) is 23.8 Å². The van der Waals surface area contributed by atoms with E-state index in [9.17, 15) is 14.7 Å². The number of aliphatic hydroxyl groups excluding tert-OH is 1. The summed E-state index contributed by atoms with van der Waals surface area (Å²) in [6, 6.07) is 7.98. The topological polar surface area (TPSA) is 105 Å². The van der Waals surface area contributed by atoms with E-state index in [0.29, 0.717) is 12.1 Å². The normalized spacial score (nSPS) is 20.4. The van der Waals surface area contributed by atoms with E-state index in [1.807, 2.05) is 34.6 Å². The molecule has 1 saturated heterocycles. The van der Waals surface area contributed by atoms with Gasteiger partial charge in [0.1, 0.15) is 6.04 Å². The molecule has 0 aliphatic carbocycles. The minimum Gasteiger partial charge on any atom is -0.391 e. The maximum Gasteiger partial charge on any atom is 0.243 e. The van der Waals surface area contributed by atoms with E-state index in [1.54, 1.807) is 24.3 Å². The first-order valence-corrected chi connectivity index (χ1v) is 10.0. The number of hydrogen-bond donors (Lipinski definition) is 3. The predicted octanol–water partition coefficient (Wildman–Crippen LogP) is 1.55. The van der Waals surface area contributed by atoms with Gasteiger partial charge in [0.25, 0.3) is 0 Å². The second-order valence-corrected chi connectivity index (χ2v) is 9.04. The SMILES string of the molecule is CC(C)N[C@H](C(=O)N1C[C@H](O)C[C@H]1C(=O)NCc1ccc(C#N)cc1)C(C)(C)C. The lowest BCUT2D eigenvalue weighted by molar-refractivity contribution is -0.142. The molecule has 29 heavy (non-hydrogen) atoms. The zero-order valence-corrected chi connectivity index (χ0v) is 17.9. The van der Waals surface area contributed by atoms with Crippen molar-refractivity contribution in [1.82, 2.24) is 15.5 Å². The molecule has 3 N–H and O–H groups in total. The summed E-state index contributed by atoms with van der Waals surface area (Å²) in [6.45, 7) is 10.4. The van der Waals surface area contributed by atoms with Gasteiger partial charge >= 0.3 is 0 Å². The molecule has 2 amide bonds. The van der Waals surface area contributed by atoms with Crippen LogP contribution in [-0.2, 0) is 16.1 Å². The van der Waals surface area contributed by atoms with Gasteiger partial charge in [-0.1, -0.05) is 46.8 Å². The summed E-state index contributed by atoms with van der Waals surface area (Å²) in [7, 11) is 0. The molecule has 3 atom stereocenters. The Balaban J connectivity index is 2.10. The number of aliphatic hydroxyl groups is 1. The fourth-order valence-electron chi connectivity index (χ4n) is 3.50. The summed E-state index contributed by atoms with van der Waals surface area (Å²) in [5, 5.41) is 25.2. The van der Waals surface area contributed by atoms with Crippen LogP contribution in [0, 0.1) is 16.7 Å². The molecule has 0 radical (unpaired) electrons. The second-order valence-electron chi connectivity index (χ2n) is 9.04. The molecule has 7 nitrogen and oxygen atoms in total. The van der Waals surface area contributed by atoms with Gasteiger partial charge in [-0.25, -0.2) is 0 Å². The van der Waals surface area contributed by atoms with Gasteiger partial charge in [0.15, 0.2) is 0 Å². The molecule has 1 fully saturated rings. The number of nitrogens with one attached hydrogen (secondary N) is 2. The average molecular weight is 401 g/mol. The molecule has 0 aromatic heterocycles. The van der Waals surface area contributed by atoms with Crippen molar-refractivity contribution >= 4 is 11.8 Å². The summed E-state index contributed by atoms with van der Waals surface area (Å²) in [4.78, 5) is 27.6. The molecule has 0 unspecified atom stereocenters. The lowest BCUT2D eigenvalue weighted by atomic mass is 9.85. The van der Waals surface area contributed by atoms with Gasteiger partial charge in [0.2, 0.25) is 11.8 Å². The van der Waals surface area contributed by atoms with Crippen molar-refractivity contribution < 1.29 is 14.7 Å². The van der Waals surface area contributed by atoms with E-state index in [2.05, 4.69) is 16.7 Å². The van der Waals surface area contributed by atoms with Gasteiger partial charge in [-0.3, -0.25) is 9.59 Å². The Morgan fingerprint density at radius 3 is 2.41 bits per heavy atom. The van der Waals surface area contributed by atoms with Crippen LogP contribution in [0.2, 0.25) is 0 Å². The first kappa shape index (κ1) is 22.9. The smallest absolute Gasteiger partial charge is 0.243 e. The molecule has 0 saturated carbocycles. The maximum atomic E-state index is 13.3. The Hall–Kier alpha value is -2.43. The summed E-state index contributed by atoms with van der Waals surface area (Å²) in [6.07, 6.45) is -0.493. The van der Waals surface area contributed by atoms with Crippen LogP contribution in [0.1, 0.15) is 52.2 Å². The van der Waals surface area contributed by atoms with Crippen LogP contribution >= 0.6 is 0 Å². The first-order chi connectivity index (χ1) is 13.5. The molecule has 2 rings (SSSR count). The van der Waals surface area contributed by atoms with Gasteiger partial charge in [0, 0.05) is 25.6 Å². The zero-order valence-electron chi connectivity index (χ0n) is 17.9. The zero-order chi connectivity index (χ0) is 21.8. The van der Waals surface area contributed by atoms with Gasteiger partial charge in [-0.05, 0) is 23.1 Å². The lowest BCUT2D eigenvalue weighted by Crippen LogP contribution is -2.57. The minimum absolute atomic E-state index is 0.111. The molecule has 1 aliphatic rings. The van der Waals surface area contributed by atoms with Crippen LogP contribution < -0.4 is 10.6 Å². The number of β-amino-alcohol motifs (C(OH)–C–C–N with tert-alkyl or cyclic N) is 1. The summed E-state index contributed by atoms with van der Waals surface area (Å²) >= 11 is 0. The monoisotopic (exact) mass is 400 g/mol. The molecule has 1 aromatic rings. The number of amides is 2. The molecule has 0 bridgehead atoms. The number of likely N-dealkylation sites (tertiary alicyclic amines) is 1. The number of rotatable bonds is 6.